The van der Waals surface area contributed by atoms with Crippen molar-refractivity contribution < 1.29 is 19.2 Å². The number of ketones is 1. The van der Waals surface area contributed by atoms with Gasteiger partial charge < -0.3 is 4.90 Å². The van der Waals surface area contributed by atoms with Crippen molar-refractivity contribution in [1.82, 2.24) is 9.80 Å². The van der Waals surface area contributed by atoms with Gasteiger partial charge in [0.2, 0.25) is 5.91 Å². The Morgan fingerprint density at radius 3 is 2.12 bits per heavy atom. The number of piperidine rings is 1. The Hall–Kier alpha value is -2.50. The maximum Gasteiger partial charge on any atom is 0.261 e. The predicted octanol–water partition coefficient (Wildman–Crippen LogP) is 1.89. The first kappa shape index (κ1) is 17.3. The van der Waals surface area contributed by atoms with E-state index in [1.807, 2.05) is 0 Å². The molecule has 3 rings (SSSR count). The first-order valence-electron chi connectivity index (χ1n) is 8.72. The SMILES string of the molecule is CC(=O)C1CCN(C(=O)CCCN2C(=O)c3ccccc3C2=O)CC1. The van der Waals surface area contributed by atoms with Crippen molar-refractivity contribution in [3.05, 3.63) is 35.4 Å². The third kappa shape index (κ3) is 3.48. The number of fused-ring (bicyclic) bond motifs is 1. The summed E-state index contributed by atoms with van der Waals surface area (Å²) in [7, 11) is 0. The van der Waals surface area contributed by atoms with E-state index in [1.54, 1.807) is 36.1 Å². The Labute approximate surface area is 146 Å². The molecule has 1 aromatic rings. The van der Waals surface area contributed by atoms with Gasteiger partial charge in [0.25, 0.3) is 11.8 Å². The summed E-state index contributed by atoms with van der Waals surface area (Å²) < 4.78 is 0. The van der Waals surface area contributed by atoms with Gasteiger partial charge in [0, 0.05) is 32.0 Å². The fourth-order valence-corrected chi connectivity index (χ4v) is 3.52. The minimum atomic E-state index is -0.282. The lowest BCUT2D eigenvalue weighted by molar-refractivity contribution is -0.134. The summed E-state index contributed by atoms with van der Waals surface area (Å²) in [5, 5.41) is 0. The van der Waals surface area contributed by atoms with Crippen LogP contribution >= 0.6 is 0 Å². The molecule has 1 aromatic carbocycles. The molecule has 0 radical (unpaired) electrons. The number of likely N-dealkylation sites (tertiary alicyclic amines) is 1. The van der Waals surface area contributed by atoms with Gasteiger partial charge in [-0.3, -0.25) is 24.1 Å². The number of hydrogen-bond acceptors (Lipinski definition) is 4. The van der Waals surface area contributed by atoms with Crippen LogP contribution in [0, 0.1) is 5.92 Å². The Kier molecular flexibility index (Phi) is 4.97. The zero-order chi connectivity index (χ0) is 18.0. The van der Waals surface area contributed by atoms with Crippen LogP contribution in [-0.4, -0.2) is 52.9 Å². The van der Waals surface area contributed by atoms with Crippen molar-refractivity contribution in [3.8, 4) is 0 Å². The highest BCUT2D eigenvalue weighted by molar-refractivity contribution is 6.21. The normalized spacial score (nSPS) is 17.8. The molecule has 0 N–H and O–H groups in total. The maximum atomic E-state index is 12.3. The van der Waals surface area contributed by atoms with Crippen LogP contribution < -0.4 is 0 Å². The molecular formula is C19H22N2O4. The van der Waals surface area contributed by atoms with Crippen LogP contribution in [0.3, 0.4) is 0 Å². The molecule has 0 spiro atoms. The number of rotatable bonds is 5. The lowest BCUT2D eigenvalue weighted by atomic mass is 9.93. The highest BCUT2D eigenvalue weighted by Crippen LogP contribution is 2.23. The molecule has 2 aliphatic rings. The van der Waals surface area contributed by atoms with E-state index in [4.69, 9.17) is 0 Å². The number of benzene rings is 1. The summed E-state index contributed by atoms with van der Waals surface area (Å²) in [5.41, 5.74) is 0.871. The molecule has 132 valence electrons. The number of nitrogens with zero attached hydrogens (tertiary/aromatic N) is 2. The van der Waals surface area contributed by atoms with Gasteiger partial charge in [-0.2, -0.15) is 0 Å². The van der Waals surface area contributed by atoms with Crippen LogP contribution in [0.4, 0.5) is 0 Å². The van der Waals surface area contributed by atoms with Gasteiger partial charge in [-0.25, -0.2) is 0 Å². The zero-order valence-electron chi connectivity index (χ0n) is 14.4. The number of Topliss-reactive ketones (excluding diaryl/α,β-unsaturated/α-hetero) is 1. The molecule has 6 heteroatoms. The lowest BCUT2D eigenvalue weighted by Crippen LogP contribution is -2.40. The van der Waals surface area contributed by atoms with Crippen LogP contribution in [0.2, 0.25) is 0 Å². The van der Waals surface area contributed by atoms with E-state index < -0.39 is 0 Å². The topological polar surface area (TPSA) is 74.8 Å². The van der Waals surface area contributed by atoms with E-state index in [1.165, 1.54) is 4.90 Å². The predicted molar refractivity (Wildman–Crippen MR) is 91.0 cm³/mol. The Balaban J connectivity index is 1.48. The van der Waals surface area contributed by atoms with E-state index in [9.17, 15) is 19.2 Å². The second-order valence-corrected chi connectivity index (χ2v) is 6.68. The Bertz CT molecular complexity index is 685. The number of imide groups is 1. The van der Waals surface area contributed by atoms with Crippen molar-refractivity contribution in [2.75, 3.05) is 19.6 Å². The average molecular weight is 342 g/mol. The van der Waals surface area contributed by atoms with Crippen molar-refractivity contribution in [2.24, 2.45) is 5.92 Å². The molecule has 1 saturated heterocycles. The summed E-state index contributed by atoms with van der Waals surface area (Å²) in [6, 6.07) is 6.78. The van der Waals surface area contributed by atoms with Crippen LogP contribution in [0.25, 0.3) is 0 Å². The van der Waals surface area contributed by atoms with Gasteiger partial charge in [0.15, 0.2) is 0 Å². The van der Waals surface area contributed by atoms with Gasteiger partial charge in [0.1, 0.15) is 5.78 Å². The molecule has 3 amide bonds. The van der Waals surface area contributed by atoms with Crippen LogP contribution in [0.5, 0.6) is 0 Å². The second-order valence-electron chi connectivity index (χ2n) is 6.68. The van der Waals surface area contributed by atoms with Crippen LogP contribution in [0.15, 0.2) is 24.3 Å². The standard InChI is InChI=1S/C19H22N2O4/c1-13(22)14-8-11-20(12-9-14)17(23)7-4-10-21-18(24)15-5-2-3-6-16(15)19(21)25/h2-3,5-6,14H,4,7-12H2,1H3. The van der Waals surface area contributed by atoms with Gasteiger partial charge in [-0.15, -0.1) is 0 Å². The third-order valence-electron chi connectivity index (χ3n) is 5.07. The number of carbonyl (C=O) groups excluding carboxylic acids is 4. The van der Waals surface area contributed by atoms with Crippen molar-refractivity contribution in [1.29, 1.82) is 0 Å². The minimum Gasteiger partial charge on any atom is -0.343 e. The number of amides is 3. The maximum absolute atomic E-state index is 12.3. The molecule has 0 bridgehead atoms. The number of carbonyl (C=O) groups is 4. The van der Waals surface area contributed by atoms with Crippen LogP contribution in [-0.2, 0) is 9.59 Å². The fraction of sp³-hybridized carbons (Fsp3) is 0.474. The third-order valence-corrected chi connectivity index (χ3v) is 5.07. The second kappa shape index (κ2) is 7.17. The monoisotopic (exact) mass is 342 g/mol. The first-order valence-corrected chi connectivity index (χ1v) is 8.72. The molecule has 0 saturated carbocycles. The van der Waals surface area contributed by atoms with Gasteiger partial charge >= 0.3 is 0 Å². The summed E-state index contributed by atoms with van der Waals surface area (Å²) in [6.45, 7) is 3.07. The quantitative estimate of drug-likeness (QED) is 0.766. The highest BCUT2D eigenvalue weighted by atomic mass is 16.2. The first-order chi connectivity index (χ1) is 12.0. The molecule has 25 heavy (non-hydrogen) atoms. The van der Waals surface area contributed by atoms with Crippen LogP contribution in [0.1, 0.15) is 53.3 Å². The van der Waals surface area contributed by atoms with E-state index in [0.29, 0.717) is 37.1 Å². The van der Waals surface area contributed by atoms with E-state index in [0.717, 1.165) is 12.8 Å². The van der Waals surface area contributed by atoms with E-state index >= 15 is 0 Å². The molecule has 0 atom stereocenters. The van der Waals surface area contributed by atoms with Gasteiger partial charge in [-0.05, 0) is 38.3 Å². The van der Waals surface area contributed by atoms with Gasteiger partial charge in [-0.1, -0.05) is 12.1 Å². The molecule has 2 heterocycles. The highest BCUT2D eigenvalue weighted by Gasteiger charge is 2.34. The Morgan fingerprint density at radius 1 is 1.04 bits per heavy atom. The summed E-state index contributed by atoms with van der Waals surface area (Å²) in [6.07, 6.45) is 2.20. The van der Waals surface area contributed by atoms with E-state index in [2.05, 4.69) is 0 Å². The van der Waals surface area contributed by atoms with E-state index in [-0.39, 0.29) is 36.0 Å². The molecule has 0 aromatic heterocycles. The van der Waals surface area contributed by atoms with Gasteiger partial charge in [0.05, 0.1) is 11.1 Å². The fourth-order valence-electron chi connectivity index (χ4n) is 3.52. The Morgan fingerprint density at radius 2 is 1.60 bits per heavy atom. The van der Waals surface area contributed by atoms with Crippen molar-refractivity contribution >= 4 is 23.5 Å². The zero-order valence-corrected chi connectivity index (χ0v) is 14.4. The smallest absolute Gasteiger partial charge is 0.261 e. The summed E-state index contributed by atoms with van der Waals surface area (Å²) >= 11 is 0. The molecule has 1 fully saturated rings. The van der Waals surface area contributed by atoms with Crippen molar-refractivity contribution in [3.63, 3.8) is 0 Å². The number of hydrogen-bond donors (Lipinski definition) is 0. The minimum absolute atomic E-state index is 0.0265. The molecule has 2 aliphatic heterocycles. The molecular weight excluding hydrogens is 320 g/mol. The molecule has 0 aliphatic carbocycles. The molecule has 6 nitrogen and oxygen atoms in total. The average Bonchev–Trinajstić information content (AvgIpc) is 2.87. The summed E-state index contributed by atoms with van der Waals surface area (Å²) in [4.78, 5) is 51.2. The largest absolute Gasteiger partial charge is 0.343 e. The van der Waals surface area contributed by atoms with Crippen molar-refractivity contribution in [2.45, 2.75) is 32.6 Å². The summed E-state index contributed by atoms with van der Waals surface area (Å²) in [5.74, 6) is -0.274. The lowest BCUT2D eigenvalue weighted by Gasteiger charge is -2.31. The molecule has 0 unspecified atom stereocenters.